The molecule has 0 saturated heterocycles. The summed E-state index contributed by atoms with van der Waals surface area (Å²) in [4.78, 5) is 10.2. The second-order valence-corrected chi connectivity index (χ2v) is 2.44. The van der Waals surface area contributed by atoms with Gasteiger partial charge in [0.15, 0.2) is 5.75 Å². The predicted octanol–water partition coefficient (Wildman–Crippen LogP) is 2.26. The molecule has 0 heterocycles. The largest absolute Gasteiger partial charge is 0.511 e. The highest BCUT2D eigenvalue weighted by Gasteiger charge is 2.07. The fourth-order valence-corrected chi connectivity index (χ4v) is 0.945. The molecule has 0 aliphatic heterocycles. The highest BCUT2D eigenvalue weighted by atomic mass is 16.7. The summed E-state index contributed by atoms with van der Waals surface area (Å²) in [5.74, 6) is 0.0330. The van der Waals surface area contributed by atoms with E-state index in [4.69, 9.17) is 10.4 Å². The molecular formula is C10H7NO3. The number of hydrogen-bond donors (Lipinski definition) is 1. The lowest BCUT2D eigenvalue weighted by Crippen LogP contribution is -2.04. The molecule has 0 amide bonds. The van der Waals surface area contributed by atoms with E-state index in [-0.39, 0.29) is 11.3 Å². The van der Waals surface area contributed by atoms with Crippen molar-refractivity contribution in [1.29, 1.82) is 5.26 Å². The van der Waals surface area contributed by atoms with Crippen molar-refractivity contribution < 1.29 is 14.6 Å². The zero-order valence-electron chi connectivity index (χ0n) is 7.23. The predicted molar refractivity (Wildman–Crippen MR) is 49.9 cm³/mol. The SMILES string of the molecule is C=Cc1ccc(OC(=O)O)c(C#N)c1. The Morgan fingerprint density at radius 2 is 2.36 bits per heavy atom. The van der Waals surface area contributed by atoms with Crippen LogP contribution in [0.1, 0.15) is 11.1 Å². The molecule has 0 aromatic heterocycles. The molecule has 1 rings (SSSR count). The average Bonchev–Trinajstić information content (AvgIpc) is 2.17. The summed E-state index contributed by atoms with van der Waals surface area (Å²) in [6, 6.07) is 6.38. The smallest absolute Gasteiger partial charge is 0.449 e. The number of carboxylic acid groups (broad SMARTS) is 1. The zero-order valence-corrected chi connectivity index (χ0v) is 7.23. The molecule has 0 aliphatic carbocycles. The number of nitriles is 1. The lowest BCUT2D eigenvalue weighted by molar-refractivity contribution is 0.144. The van der Waals surface area contributed by atoms with Crippen LogP contribution in [0.3, 0.4) is 0 Å². The van der Waals surface area contributed by atoms with Crippen molar-refractivity contribution in [2.24, 2.45) is 0 Å². The van der Waals surface area contributed by atoms with Crippen molar-refractivity contribution in [2.45, 2.75) is 0 Å². The van der Waals surface area contributed by atoms with Crippen LogP contribution < -0.4 is 4.74 Å². The van der Waals surface area contributed by atoms with Crippen molar-refractivity contribution >= 4 is 12.2 Å². The maximum atomic E-state index is 10.2. The molecule has 0 saturated carbocycles. The number of benzene rings is 1. The van der Waals surface area contributed by atoms with Crippen molar-refractivity contribution in [3.8, 4) is 11.8 Å². The van der Waals surface area contributed by atoms with Gasteiger partial charge in [-0.05, 0) is 17.7 Å². The lowest BCUT2D eigenvalue weighted by atomic mass is 10.1. The number of rotatable bonds is 2. The van der Waals surface area contributed by atoms with E-state index >= 15 is 0 Å². The standard InChI is InChI=1S/C10H7NO3/c1-2-7-3-4-9(14-10(12)13)8(5-7)6-11/h2-5H,1H2,(H,12,13). The van der Waals surface area contributed by atoms with Gasteiger partial charge in [-0.25, -0.2) is 4.79 Å². The Hall–Kier alpha value is -2.28. The highest BCUT2D eigenvalue weighted by Crippen LogP contribution is 2.19. The van der Waals surface area contributed by atoms with E-state index in [0.717, 1.165) is 5.56 Å². The first-order chi connectivity index (χ1) is 6.67. The van der Waals surface area contributed by atoms with Crippen molar-refractivity contribution in [3.63, 3.8) is 0 Å². The van der Waals surface area contributed by atoms with E-state index < -0.39 is 6.16 Å². The molecule has 14 heavy (non-hydrogen) atoms. The first-order valence-corrected chi connectivity index (χ1v) is 3.74. The van der Waals surface area contributed by atoms with Gasteiger partial charge >= 0.3 is 6.16 Å². The summed E-state index contributed by atoms with van der Waals surface area (Å²) >= 11 is 0. The minimum absolute atomic E-state index is 0.0330. The summed E-state index contributed by atoms with van der Waals surface area (Å²) in [7, 11) is 0. The van der Waals surface area contributed by atoms with Crippen LogP contribution in [0.2, 0.25) is 0 Å². The summed E-state index contributed by atoms with van der Waals surface area (Å²) in [6.45, 7) is 3.53. The van der Waals surface area contributed by atoms with Gasteiger partial charge in [0.2, 0.25) is 0 Å². The fourth-order valence-electron chi connectivity index (χ4n) is 0.945. The molecular weight excluding hydrogens is 182 g/mol. The number of nitrogens with zero attached hydrogens (tertiary/aromatic N) is 1. The van der Waals surface area contributed by atoms with Crippen molar-refractivity contribution in [1.82, 2.24) is 0 Å². The Labute approximate surface area is 80.7 Å². The van der Waals surface area contributed by atoms with Crippen LogP contribution in [0.4, 0.5) is 4.79 Å². The minimum Gasteiger partial charge on any atom is -0.449 e. The fraction of sp³-hybridized carbons (Fsp3) is 0. The summed E-state index contributed by atoms with van der Waals surface area (Å²) < 4.78 is 4.40. The Balaban J connectivity index is 3.13. The Kier molecular flexibility index (Phi) is 2.87. The van der Waals surface area contributed by atoms with Gasteiger partial charge in [0.25, 0.3) is 0 Å². The Morgan fingerprint density at radius 3 is 2.86 bits per heavy atom. The van der Waals surface area contributed by atoms with Gasteiger partial charge in [-0.2, -0.15) is 5.26 Å². The highest BCUT2D eigenvalue weighted by molar-refractivity contribution is 5.64. The lowest BCUT2D eigenvalue weighted by Gasteiger charge is -2.02. The van der Waals surface area contributed by atoms with Gasteiger partial charge < -0.3 is 9.84 Å². The van der Waals surface area contributed by atoms with Gasteiger partial charge in [-0.3, -0.25) is 0 Å². The summed E-state index contributed by atoms with van der Waals surface area (Å²) in [6.07, 6.45) is 0.124. The molecule has 1 N–H and O–H groups in total. The number of carbonyl (C=O) groups is 1. The van der Waals surface area contributed by atoms with Crippen LogP contribution in [0.25, 0.3) is 6.08 Å². The molecule has 4 nitrogen and oxygen atoms in total. The second-order valence-electron chi connectivity index (χ2n) is 2.44. The third-order valence-corrected chi connectivity index (χ3v) is 1.56. The maximum absolute atomic E-state index is 10.2. The number of hydrogen-bond acceptors (Lipinski definition) is 3. The minimum atomic E-state index is -1.44. The van der Waals surface area contributed by atoms with Crippen LogP contribution >= 0.6 is 0 Å². The van der Waals surface area contributed by atoms with Gasteiger partial charge in [0.05, 0.1) is 5.56 Å². The molecule has 0 bridgehead atoms. The van der Waals surface area contributed by atoms with E-state index in [9.17, 15) is 4.79 Å². The Bertz CT molecular complexity index is 418. The van der Waals surface area contributed by atoms with Crippen LogP contribution in [0, 0.1) is 11.3 Å². The first kappa shape index (κ1) is 9.81. The van der Waals surface area contributed by atoms with E-state index in [1.165, 1.54) is 12.1 Å². The molecule has 0 aliphatic rings. The van der Waals surface area contributed by atoms with Crippen LogP contribution in [-0.4, -0.2) is 11.3 Å². The third-order valence-electron chi connectivity index (χ3n) is 1.56. The van der Waals surface area contributed by atoms with Gasteiger partial charge in [-0.1, -0.05) is 18.7 Å². The van der Waals surface area contributed by atoms with Gasteiger partial charge in [0, 0.05) is 0 Å². The van der Waals surface area contributed by atoms with Crippen LogP contribution in [0.15, 0.2) is 24.8 Å². The monoisotopic (exact) mass is 189 g/mol. The van der Waals surface area contributed by atoms with Crippen LogP contribution in [-0.2, 0) is 0 Å². The first-order valence-electron chi connectivity index (χ1n) is 3.74. The van der Waals surface area contributed by atoms with Crippen molar-refractivity contribution in [2.75, 3.05) is 0 Å². The average molecular weight is 189 g/mol. The number of ether oxygens (including phenoxy) is 1. The molecule has 70 valence electrons. The molecule has 4 heteroatoms. The maximum Gasteiger partial charge on any atom is 0.511 e. The topological polar surface area (TPSA) is 70.3 Å². The molecule has 0 fully saturated rings. The van der Waals surface area contributed by atoms with Gasteiger partial charge in [-0.15, -0.1) is 0 Å². The normalized spacial score (nSPS) is 8.79. The second kappa shape index (κ2) is 4.10. The van der Waals surface area contributed by atoms with E-state index in [2.05, 4.69) is 11.3 Å². The molecule has 1 aromatic carbocycles. The van der Waals surface area contributed by atoms with Gasteiger partial charge in [0.1, 0.15) is 6.07 Å². The van der Waals surface area contributed by atoms with Crippen molar-refractivity contribution in [3.05, 3.63) is 35.9 Å². The quantitative estimate of drug-likeness (QED) is 0.572. The summed E-state index contributed by atoms with van der Waals surface area (Å²) in [5.41, 5.74) is 0.907. The Morgan fingerprint density at radius 1 is 1.64 bits per heavy atom. The summed E-state index contributed by atoms with van der Waals surface area (Å²) in [5, 5.41) is 17.1. The van der Waals surface area contributed by atoms with E-state index in [0.29, 0.717) is 0 Å². The third kappa shape index (κ3) is 2.11. The zero-order chi connectivity index (χ0) is 10.6. The molecule has 0 unspecified atom stereocenters. The van der Waals surface area contributed by atoms with E-state index in [1.54, 1.807) is 12.1 Å². The van der Waals surface area contributed by atoms with E-state index in [1.807, 2.05) is 6.07 Å². The molecule has 0 spiro atoms. The molecule has 1 aromatic rings. The molecule has 0 radical (unpaired) electrons. The van der Waals surface area contributed by atoms with Crippen LogP contribution in [0.5, 0.6) is 5.75 Å². The molecule has 0 atom stereocenters.